The summed E-state index contributed by atoms with van der Waals surface area (Å²) in [7, 11) is 0. The summed E-state index contributed by atoms with van der Waals surface area (Å²) >= 11 is 0. The molecule has 0 radical (unpaired) electrons. The van der Waals surface area contributed by atoms with Gasteiger partial charge in [0.15, 0.2) is 0 Å². The van der Waals surface area contributed by atoms with Gasteiger partial charge in [0, 0.05) is 43.5 Å². The molecule has 3 aliphatic carbocycles. The van der Waals surface area contributed by atoms with Gasteiger partial charge in [0.1, 0.15) is 0 Å². The number of aromatic nitrogens is 2. The average molecular weight is 785 g/mol. The van der Waals surface area contributed by atoms with Crippen molar-refractivity contribution < 1.29 is 0 Å². The molecule has 2 heteroatoms. The number of hydrogen-bond donors (Lipinski definition) is 0. The van der Waals surface area contributed by atoms with Gasteiger partial charge >= 0.3 is 0 Å². The first kappa shape index (κ1) is 36.0. The van der Waals surface area contributed by atoms with E-state index in [0.29, 0.717) is 0 Å². The third-order valence-electron chi connectivity index (χ3n) is 14.4. The number of rotatable bonds is 5. The number of benzene rings is 7. The largest absolute Gasteiger partial charge is 0.331 e. The van der Waals surface area contributed by atoms with Crippen molar-refractivity contribution in [2.75, 3.05) is 0 Å². The lowest BCUT2D eigenvalue weighted by Crippen LogP contribution is -2.29. The third kappa shape index (κ3) is 5.34. The van der Waals surface area contributed by atoms with E-state index in [4.69, 9.17) is 0 Å². The van der Waals surface area contributed by atoms with Crippen LogP contribution >= 0.6 is 0 Å². The molecule has 2 unspecified atom stereocenters. The fourth-order valence-corrected chi connectivity index (χ4v) is 11.3. The fourth-order valence-electron chi connectivity index (χ4n) is 11.3. The van der Waals surface area contributed by atoms with Crippen LogP contribution in [0.4, 0.5) is 0 Å². The van der Waals surface area contributed by atoms with Gasteiger partial charge in [-0.25, -0.2) is 0 Å². The van der Waals surface area contributed by atoms with Crippen LogP contribution in [-0.2, 0) is 16.5 Å². The molecule has 9 aromatic rings. The standard InChI is InChI=1S/C59H48N2/c1-57(2)51-23-13-11-21-45(51)47-36-50-49-35-43(26-28-55(49)61(56(50)37-52(47)57)58(3)32-29-41(30-33-58)39-16-7-5-8-17-39)42-25-27-54-48(34-42)46-22-12-14-24-53(46)60(54)59(4)31-15-20-44(38-59)40-18-9-6-10-19-40/h5-32,34-37H,33,38H2,1-4H3. The Morgan fingerprint density at radius 2 is 1.05 bits per heavy atom. The highest BCUT2D eigenvalue weighted by molar-refractivity contribution is 6.13. The van der Waals surface area contributed by atoms with E-state index in [-0.39, 0.29) is 16.5 Å². The Balaban J connectivity index is 1.03. The van der Waals surface area contributed by atoms with E-state index in [0.717, 1.165) is 12.8 Å². The van der Waals surface area contributed by atoms with Crippen LogP contribution in [-0.4, -0.2) is 9.13 Å². The van der Waals surface area contributed by atoms with Gasteiger partial charge in [0.05, 0.1) is 16.6 Å². The molecule has 2 heterocycles. The monoisotopic (exact) mass is 784 g/mol. The van der Waals surface area contributed by atoms with E-state index >= 15 is 0 Å². The van der Waals surface area contributed by atoms with Crippen LogP contribution in [0.3, 0.4) is 0 Å². The summed E-state index contributed by atoms with van der Waals surface area (Å²) in [6.07, 6.45) is 16.0. The van der Waals surface area contributed by atoms with Gasteiger partial charge in [-0.15, -0.1) is 0 Å². The van der Waals surface area contributed by atoms with E-state index < -0.39 is 0 Å². The van der Waals surface area contributed by atoms with Crippen LogP contribution in [0.15, 0.2) is 194 Å². The lowest BCUT2D eigenvalue weighted by atomic mass is 9.82. The molecule has 61 heavy (non-hydrogen) atoms. The summed E-state index contributed by atoms with van der Waals surface area (Å²) in [4.78, 5) is 0. The number of para-hydroxylation sites is 1. The Hall–Kier alpha value is -6.90. The molecule has 2 aromatic heterocycles. The minimum atomic E-state index is -0.246. The van der Waals surface area contributed by atoms with E-state index in [9.17, 15) is 0 Å². The zero-order chi connectivity index (χ0) is 41.1. The second-order valence-corrected chi connectivity index (χ2v) is 18.6. The Bertz CT molecular complexity index is 3400. The molecule has 0 saturated carbocycles. The second kappa shape index (κ2) is 13.0. The van der Waals surface area contributed by atoms with Gasteiger partial charge in [-0.05, 0) is 125 Å². The molecule has 2 atom stereocenters. The molecule has 0 N–H and O–H groups in total. The Labute approximate surface area is 358 Å². The summed E-state index contributed by atoms with van der Waals surface area (Å²) in [5, 5.41) is 5.19. The first-order chi connectivity index (χ1) is 29.7. The van der Waals surface area contributed by atoms with Crippen molar-refractivity contribution >= 4 is 54.8 Å². The molecule has 3 aliphatic rings. The Kier molecular flexibility index (Phi) is 7.70. The Morgan fingerprint density at radius 3 is 1.77 bits per heavy atom. The van der Waals surface area contributed by atoms with Crippen molar-refractivity contribution in [3.63, 3.8) is 0 Å². The quantitative estimate of drug-likeness (QED) is 0.164. The zero-order valence-corrected chi connectivity index (χ0v) is 35.3. The van der Waals surface area contributed by atoms with Crippen molar-refractivity contribution in [3.05, 3.63) is 216 Å². The van der Waals surface area contributed by atoms with Gasteiger partial charge < -0.3 is 9.13 Å². The zero-order valence-electron chi connectivity index (χ0n) is 35.3. The maximum atomic E-state index is 2.64. The molecule has 0 amide bonds. The molecule has 7 aromatic carbocycles. The molecule has 0 aliphatic heterocycles. The summed E-state index contributed by atoms with van der Waals surface area (Å²) in [6, 6.07) is 59.0. The highest BCUT2D eigenvalue weighted by atomic mass is 15.1. The lowest BCUT2D eigenvalue weighted by Gasteiger charge is -2.33. The van der Waals surface area contributed by atoms with Gasteiger partial charge in [-0.3, -0.25) is 0 Å². The van der Waals surface area contributed by atoms with Crippen molar-refractivity contribution in [1.82, 2.24) is 9.13 Å². The first-order valence-corrected chi connectivity index (χ1v) is 21.9. The van der Waals surface area contributed by atoms with E-state index in [1.54, 1.807) is 0 Å². The van der Waals surface area contributed by atoms with E-state index in [1.165, 1.54) is 99.3 Å². The van der Waals surface area contributed by atoms with E-state index in [2.05, 4.69) is 231 Å². The predicted molar refractivity (Wildman–Crippen MR) is 259 cm³/mol. The number of hydrogen-bond acceptors (Lipinski definition) is 0. The van der Waals surface area contributed by atoms with Gasteiger partial charge in [0.2, 0.25) is 0 Å². The van der Waals surface area contributed by atoms with Gasteiger partial charge in [0.25, 0.3) is 0 Å². The van der Waals surface area contributed by atoms with Gasteiger partial charge in [-0.1, -0.05) is 166 Å². The Morgan fingerprint density at radius 1 is 0.443 bits per heavy atom. The van der Waals surface area contributed by atoms with Crippen LogP contribution in [0, 0.1) is 0 Å². The summed E-state index contributed by atoms with van der Waals surface area (Å²) in [5.41, 5.74) is 17.8. The van der Waals surface area contributed by atoms with Crippen molar-refractivity contribution in [1.29, 1.82) is 0 Å². The maximum absolute atomic E-state index is 2.64. The van der Waals surface area contributed by atoms with Crippen LogP contribution in [0.5, 0.6) is 0 Å². The second-order valence-electron chi connectivity index (χ2n) is 18.6. The number of allylic oxidation sites excluding steroid dienone is 8. The van der Waals surface area contributed by atoms with Crippen molar-refractivity contribution in [2.24, 2.45) is 0 Å². The van der Waals surface area contributed by atoms with Crippen molar-refractivity contribution in [3.8, 4) is 22.3 Å². The smallest absolute Gasteiger partial charge is 0.0649 e. The predicted octanol–water partition coefficient (Wildman–Crippen LogP) is 15.4. The topological polar surface area (TPSA) is 9.86 Å². The fraction of sp³-hybridized carbons (Fsp3) is 0.153. The molecule has 2 nitrogen and oxygen atoms in total. The SMILES string of the molecule is CC1(C)c2ccccc2-c2cc3c4cc(-c5ccc6c(c5)c5ccccc5n6C5(C)C=CC=C(c6ccccc6)C5)ccc4n(C4(C)C=CC(c5ccccc5)=CC4)c3cc21. The molecule has 0 fully saturated rings. The molecule has 0 spiro atoms. The van der Waals surface area contributed by atoms with Crippen LogP contribution < -0.4 is 0 Å². The third-order valence-corrected chi connectivity index (χ3v) is 14.4. The average Bonchev–Trinajstić information content (AvgIpc) is 3.89. The van der Waals surface area contributed by atoms with Crippen molar-refractivity contribution in [2.45, 2.75) is 57.0 Å². The highest BCUT2D eigenvalue weighted by Crippen LogP contribution is 2.52. The first-order valence-electron chi connectivity index (χ1n) is 21.9. The van der Waals surface area contributed by atoms with E-state index in [1.807, 2.05) is 0 Å². The van der Waals surface area contributed by atoms with Crippen LogP contribution in [0.25, 0.3) is 77.0 Å². The van der Waals surface area contributed by atoms with Crippen LogP contribution in [0.2, 0.25) is 0 Å². The maximum Gasteiger partial charge on any atom is 0.0649 e. The molecular formula is C59H48N2. The summed E-state index contributed by atoms with van der Waals surface area (Å²) in [5.74, 6) is 0. The van der Waals surface area contributed by atoms with Gasteiger partial charge in [-0.2, -0.15) is 0 Å². The summed E-state index contributed by atoms with van der Waals surface area (Å²) < 4.78 is 5.23. The minimum Gasteiger partial charge on any atom is -0.331 e. The molecular weight excluding hydrogens is 737 g/mol. The number of fused-ring (bicyclic) bond motifs is 9. The molecule has 0 saturated heterocycles. The highest BCUT2D eigenvalue weighted by Gasteiger charge is 2.38. The van der Waals surface area contributed by atoms with Crippen LogP contribution in [0.1, 0.15) is 62.8 Å². The minimum absolute atomic E-state index is 0.0886. The molecule has 0 bridgehead atoms. The molecule has 12 rings (SSSR count). The molecule has 294 valence electrons. The normalized spacial score (nSPS) is 20.3. The number of nitrogens with zero attached hydrogens (tertiary/aromatic N) is 2. The summed E-state index contributed by atoms with van der Waals surface area (Å²) in [6.45, 7) is 9.58. The lowest BCUT2D eigenvalue weighted by molar-refractivity contribution is 0.438.